The molecule has 29 heavy (non-hydrogen) atoms. The van der Waals surface area contributed by atoms with E-state index >= 15 is 0 Å². The van der Waals surface area contributed by atoms with Crippen LogP contribution in [0.3, 0.4) is 0 Å². The van der Waals surface area contributed by atoms with Crippen LogP contribution in [0.1, 0.15) is 21.6 Å². The van der Waals surface area contributed by atoms with Gasteiger partial charge in [-0.25, -0.2) is 27.0 Å². The van der Waals surface area contributed by atoms with Crippen LogP contribution in [0.25, 0.3) is 0 Å². The van der Waals surface area contributed by atoms with Gasteiger partial charge < -0.3 is 4.74 Å². The summed E-state index contributed by atoms with van der Waals surface area (Å²) in [4.78, 5) is 15.5. The van der Waals surface area contributed by atoms with Gasteiger partial charge in [0.05, 0.1) is 30.7 Å². The van der Waals surface area contributed by atoms with E-state index in [0.29, 0.717) is 6.07 Å². The molecule has 0 amide bonds. The number of sulfonamides is 1. The summed E-state index contributed by atoms with van der Waals surface area (Å²) < 4.78 is 96.0. The number of anilines is 1. The van der Waals surface area contributed by atoms with Gasteiger partial charge in [-0.2, -0.15) is 13.2 Å². The van der Waals surface area contributed by atoms with Gasteiger partial charge in [-0.05, 0) is 23.8 Å². The molecular formula is C17H15F5N2O4S. The lowest BCUT2D eigenvalue weighted by atomic mass is 10.1. The molecule has 0 bridgehead atoms. The van der Waals surface area contributed by atoms with Gasteiger partial charge in [-0.15, -0.1) is 0 Å². The van der Waals surface area contributed by atoms with Gasteiger partial charge in [0.25, 0.3) is 6.43 Å². The zero-order chi connectivity index (χ0) is 21.8. The van der Waals surface area contributed by atoms with Crippen molar-refractivity contribution < 1.29 is 39.9 Å². The van der Waals surface area contributed by atoms with Gasteiger partial charge in [0.1, 0.15) is 0 Å². The van der Waals surface area contributed by atoms with Crippen molar-refractivity contribution in [2.45, 2.75) is 18.4 Å². The minimum absolute atomic E-state index is 0.171. The Kier molecular flexibility index (Phi) is 6.77. The van der Waals surface area contributed by atoms with Crippen LogP contribution in [-0.2, 0) is 26.7 Å². The topological polar surface area (TPSA) is 76.6 Å². The van der Waals surface area contributed by atoms with E-state index in [4.69, 9.17) is 0 Å². The van der Waals surface area contributed by atoms with E-state index in [1.807, 2.05) is 0 Å². The highest BCUT2D eigenvalue weighted by Crippen LogP contribution is 2.34. The highest BCUT2D eigenvalue weighted by molar-refractivity contribution is 7.92. The molecule has 6 nitrogen and oxygen atoms in total. The van der Waals surface area contributed by atoms with Gasteiger partial charge in [-0.1, -0.05) is 18.2 Å². The van der Waals surface area contributed by atoms with Crippen LogP contribution in [0.4, 0.5) is 27.6 Å². The first kappa shape index (κ1) is 22.5. The normalized spacial score (nSPS) is 12.1. The number of methoxy groups -OCH3 is 1. The molecule has 2 aromatic rings. The van der Waals surface area contributed by atoms with E-state index in [2.05, 4.69) is 9.72 Å². The third kappa shape index (κ3) is 5.40. The fraction of sp³-hybridized carbons (Fsp3) is 0.294. The number of carbonyl (C=O) groups excluding carboxylic acids is 1. The first-order valence-electron chi connectivity index (χ1n) is 7.94. The average molecular weight is 438 g/mol. The van der Waals surface area contributed by atoms with Gasteiger partial charge in [0, 0.05) is 6.20 Å². The van der Waals surface area contributed by atoms with Crippen molar-refractivity contribution in [1.82, 2.24) is 4.98 Å². The molecule has 0 aliphatic heterocycles. The Morgan fingerprint density at radius 3 is 2.41 bits per heavy atom. The van der Waals surface area contributed by atoms with Crippen LogP contribution in [0, 0.1) is 0 Å². The first-order chi connectivity index (χ1) is 13.5. The number of aromatic nitrogens is 1. The molecule has 0 saturated heterocycles. The molecule has 0 unspecified atom stereocenters. The maximum absolute atomic E-state index is 13.2. The highest BCUT2D eigenvalue weighted by Gasteiger charge is 2.36. The van der Waals surface area contributed by atoms with E-state index in [0.717, 1.165) is 31.5 Å². The summed E-state index contributed by atoms with van der Waals surface area (Å²) in [6.07, 6.45) is -6.90. The quantitative estimate of drug-likeness (QED) is 0.489. The van der Waals surface area contributed by atoms with Gasteiger partial charge >= 0.3 is 12.1 Å². The van der Waals surface area contributed by atoms with E-state index in [-0.39, 0.29) is 4.31 Å². The highest BCUT2D eigenvalue weighted by atomic mass is 32.2. The van der Waals surface area contributed by atoms with E-state index < -0.39 is 63.4 Å². The lowest BCUT2D eigenvalue weighted by molar-refractivity contribution is -0.138. The Hall–Kier alpha value is -2.76. The maximum atomic E-state index is 13.2. The average Bonchev–Trinajstić information content (AvgIpc) is 2.64. The number of carbonyl (C=O) groups is 1. The summed E-state index contributed by atoms with van der Waals surface area (Å²) in [6, 6.07) is 6.12. The smallest absolute Gasteiger partial charge is 0.416 e. The molecule has 0 radical (unpaired) electrons. The van der Waals surface area contributed by atoms with Crippen molar-refractivity contribution in [3.8, 4) is 0 Å². The molecule has 0 saturated carbocycles. The van der Waals surface area contributed by atoms with Crippen molar-refractivity contribution in [3.63, 3.8) is 0 Å². The molecule has 0 spiro atoms. The molecule has 0 fully saturated rings. The molecule has 0 aliphatic rings. The number of nitrogens with zero attached hydrogens (tertiary/aromatic N) is 2. The van der Waals surface area contributed by atoms with E-state index in [1.54, 1.807) is 0 Å². The molecule has 0 aliphatic carbocycles. The fourth-order valence-electron chi connectivity index (χ4n) is 2.54. The van der Waals surface area contributed by atoms with Crippen LogP contribution < -0.4 is 4.31 Å². The van der Waals surface area contributed by atoms with E-state index in [9.17, 15) is 35.2 Å². The standard InChI is InChI=1S/C17H15F5N2O4S/c1-28-16(25)15-13(7-4-8-23-15)24(9-14(18)19)29(26,27)10-11-5-2-3-6-12(11)17(20,21)22/h2-8,14H,9-10H2,1H3. The van der Waals surface area contributed by atoms with Crippen LogP contribution in [0.5, 0.6) is 0 Å². The number of ether oxygens (including phenoxy) is 1. The monoisotopic (exact) mass is 438 g/mol. The summed E-state index contributed by atoms with van der Waals surface area (Å²) in [6.45, 7) is -1.38. The Bertz CT molecular complexity index is 980. The summed E-state index contributed by atoms with van der Waals surface area (Å²) in [5.41, 5.74) is -2.92. The Balaban J connectivity index is 2.56. The second-order valence-corrected chi connectivity index (χ2v) is 7.59. The number of halogens is 5. The molecule has 0 N–H and O–H groups in total. The maximum Gasteiger partial charge on any atom is 0.416 e. The third-order valence-corrected chi connectivity index (χ3v) is 5.43. The summed E-state index contributed by atoms with van der Waals surface area (Å²) >= 11 is 0. The summed E-state index contributed by atoms with van der Waals surface area (Å²) in [5, 5.41) is 0. The number of hydrogen-bond donors (Lipinski definition) is 0. The van der Waals surface area contributed by atoms with Crippen LogP contribution >= 0.6 is 0 Å². The fourth-order valence-corrected chi connectivity index (χ4v) is 4.12. The molecule has 0 atom stereocenters. The lowest BCUT2D eigenvalue weighted by Gasteiger charge is -2.26. The summed E-state index contributed by atoms with van der Waals surface area (Å²) in [7, 11) is -3.79. The minimum Gasteiger partial charge on any atom is -0.464 e. The zero-order valence-electron chi connectivity index (χ0n) is 14.9. The number of rotatable bonds is 7. The molecule has 12 heteroatoms. The van der Waals surface area contributed by atoms with Crippen LogP contribution in [0.2, 0.25) is 0 Å². The third-order valence-electron chi connectivity index (χ3n) is 3.73. The number of esters is 1. The van der Waals surface area contributed by atoms with Crippen LogP contribution in [0.15, 0.2) is 42.6 Å². The van der Waals surface area contributed by atoms with Crippen molar-refractivity contribution in [2.24, 2.45) is 0 Å². The Morgan fingerprint density at radius 1 is 1.17 bits per heavy atom. The largest absolute Gasteiger partial charge is 0.464 e. The van der Waals surface area contributed by atoms with Gasteiger partial charge in [0.15, 0.2) is 5.69 Å². The summed E-state index contributed by atoms with van der Waals surface area (Å²) in [5.74, 6) is -2.31. The van der Waals surface area contributed by atoms with Gasteiger partial charge in [-0.3, -0.25) is 4.31 Å². The van der Waals surface area contributed by atoms with Crippen molar-refractivity contribution in [1.29, 1.82) is 0 Å². The zero-order valence-corrected chi connectivity index (χ0v) is 15.7. The number of hydrogen-bond acceptors (Lipinski definition) is 5. The minimum atomic E-state index is -4.84. The lowest BCUT2D eigenvalue weighted by Crippen LogP contribution is -2.37. The Morgan fingerprint density at radius 2 is 1.83 bits per heavy atom. The van der Waals surface area contributed by atoms with Crippen LogP contribution in [-0.4, -0.2) is 39.5 Å². The molecule has 1 aromatic heterocycles. The molecule has 1 aromatic carbocycles. The van der Waals surface area contributed by atoms with Crippen molar-refractivity contribution in [2.75, 3.05) is 18.0 Å². The molecule has 1 heterocycles. The SMILES string of the molecule is COC(=O)c1ncccc1N(CC(F)F)S(=O)(=O)Cc1ccccc1C(F)(F)F. The Labute approximate surface area is 163 Å². The number of alkyl halides is 5. The van der Waals surface area contributed by atoms with Crippen molar-refractivity contribution >= 4 is 21.7 Å². The second kappa shape index (κ2) is 8.72. The molecule has 2 rings (SSSR count). The first-order valence-corrected chi connectivity index (χ1v) is 9.55. The van der Waals surface area contributed by atoms with E-state index in [1.165, 1.54) is 12.1 Å². The molecular weight excluding hydrogens is 423 g/mol. The predicted molar refractivity (Wildman–Crippen MR) is 93.0 cm³/mol. The molecule has 158 valence electrons. The van der Waals surface area contributed by atoms with Gasteiger partial charge in [0.2, 0.25) is 10.0 Å². The number of pyridine rings is 1. The predicted octanol–water partition coefficient (Wildman–Crippen LogP) is 3.49. The number of benzene rings is 1. The second-order valence-electron chi connectivity index (χ2n) is 5.70. The van der Waals surface area contributed by atoms with Crippen molar-refractivity contribution in [3.05, 3.63) is 59.4 Å².